The molecule has 2 aromatic rings. The summed E-state index contributed by atoms with van der Waals surface area (Å²) in [5.41, 5.74) is 0.607. The Balaban J connectivity index is 2.23. The van der Waals surface area contributed by atoms with Gasteiger partial charge in [-0.25, -0.2) is 8.42 Å². The summed E-state index contributed by atoms with van der Waals surface area (Å²) in [7, 11) is -3.21. The fourth-order valence-corrected chi connectivity index (χ4v) is 2.71. The molecule has 0 aliphatic carbocycles. The molecule has 0 unspecified atom stereocenters. The van der Waals surface area contributed by atoms with Crippen LogP contribution in [0.2, 0.25) is 0 Å². The van der Waals surface area contributed by atoms with Crippen molar-refractivity contribution < 1.29 is 12.8 Å². The number of sulfone groups is 1. The van der Waals surface area contributed by atoms with Gasteiger partial charge in [0.1, 0.15) is 5.76 Å². The van der Waals surface area contributed by atoms with Gasteiger partial charge >= 0.3 is 0 Å². The molecule has 1 aromatic carbocycles. The number of hydrogen-bond donors (Lipinski definition) is 1. The highest BCUT2D eigenvalue weighted by Gasteiger charge is 2.15. The number of benzene rings is 1. The Morgan fingerprint density at radius 1 is 1.17 bits per heavy atom. The standard InChI is InChI=1S/C13H15NO3S/c1-2-18(15,16)13-8-4-3-7-12(13)14-10-11-6-5-9-17-11/h3-9,14H,2,10H2,1H3. The van der Waals surface area contributed by atoms with Crippen molar-refractivity contribution in [3.05, 3.63) is 48.4 Å². The first kappa shape index (κ1) is 12.7. The second-order valence-electron chi connectivity index (χ2n) is 3.83. The van der Waals surface area contributed by atoms with Crippen LogP contribution < -0.4 is 5.32 Å². The van der Waals surface area contributed by atoms with Crippen LogP contribution in [-0.4, -0.2) is 14.2 Å². The van der Waals surface area contributed by atoms with Crippen molar-refractivity contribution in [2.45, 2.75) is 18.4 Å². The number of para-hydroxylation sites is 1. The number of nitrogens with one attached hydrogen (secondary N) is 1. The van der Waals surface area contributed by atoms with E-state index < -0.39 is 9.84 Å². The van der Waals surface area contributed by atoms with E-state index in [1.54, 1.807) is 43.5 Å². The number of hydrogen-bond acceptors (Lipinski definition) is 4. The van der Waals surface area contributed by atoms with Gasteiger partial charge in [-0.3, -0.25) is 0 Å². The second-order valence-corrected chi connectivity index (χ2v) is 6.08. The Hall–Kier alpha value is -1.75. The molecule has 2 rings (SSSR count). The third-order valence-electron chi connectivity index (χ3n) is 2.64. The Morgan fingerprint density at radius 3 is 2.61 bits per heavy atom. The molecule has 0 bridgehead atoms. The maximum absolute atomic E-state index is 11.9. The van der Waals surface area contributed by atoms with Gasteiger partial charge < -0.3 is 9.73 Å². The molecule has 18 heavy (non-hydrogen) atoms. The third kappa shape index (κ3) is 2.73. The SMILES string of the molecule is CCS(=O)(=O)c1ccccc1NCc1ccco1. The van der Waals surface area contributed by atoms with E-state index >= 15 is 0 Å². The topological polar surface area (TPSA) is 59.3 Å². The summed E-state index contributed by atoms with van der Waals surface area (Å²) in [5.74, 6) is 0.852. The minimum Gasteiger partial charge on any atom is -0.467 e. The van der Waals surface area contributed by atoms with Crippen molar-refractivity contribution in [3.63, 3.8) is 0 Å². The van der Waals surface area contributed by atoms with Crippen LogP contribution in [0.15, 0.2) is 52.0 Å². The van der Waals surface area contributed by atoms with Crippen molar-refractivity contribution in [2.75, 3.05) is 11.1 Å². The van der Waals surface area contributed by atoms with Gasteiger partial charge in [-0.05, 0) is 24.3 Å². The van der Waals surface area contributed by atoms with Crippen molar-refractivity contribution in [3.8, 4) is 0 Å². The number of rotatable bonds is 5. The first-order chi connectivity index (χ1) is 8.63. The van der Waals surface area contributed by atoms with Crippen molar-refractivity contribution in [1.82, 2.24) is 0 Å². The quantitative estimate of drug-likeness (QED) is 0.903. The van der Waals surface area contributed by atoms with Gasteiger partial charge in [0.25, 0.3) is 0 Å². The van der Waals surface area contributed by atoms with Crippen LogP contribution >= 0.6 is 0 Å². The van der Waals surface area contributed by atoms with Gasteiger partial charge in [0.2, 0.25) is 0 Å². The molecule has 1 heterocycles. The fourth-order valence-electron chi connectivity index (χ4n) is 1.63. The number of furan rings is 1. The van der Waals surface area contributed by atoms with E-state index in [-0.39, 0.29) is 5.75 Å². The average Bonchev–Trinajstić information content (AvgIpc) is 2.90. The Morgan fingerprint density at radius 2 is 1.94 bits per heavy atom. The maximum atomic E-state index is 11.9. The van der Waals surface area contributed by atoms with Gasteiger partial charge in [0.15, 0.2) is 9.84 Å². The zero-order valence-electron chi connectivity index (χ0n) is 10.1. The van der Waals surface area contributed by atoms with E-state index in [2.05, 4.69) is 5.32 Å². The summed E-state index contributed by atoms with van der Waals surface area (Å²) in [4.78, 5) is 0.332. The largest absolute Gasteiger partial charge is 0.467 e. The average molecular weight is 265 g/mol. The van der Waals surface area contributed by atoms with E-state index in [4.69, 9.17) is 4.42 Å². The highest BCUT2D eigenvalue weighted by molar-refractivity contribution is 7.91. The molecular formula is C13H15NO3S. The second kappa shape index (κ2) is 5.27. The van der Waals surface area contributed by atoms with Crippen molar-refractivity contribution in [2.24, 2.45) is 0 Å². The molecule has 1 aromatic heterocycles. The lowest BCUT2D eigenvalue weighted by Gasteiger charge is -2.10. The van der Waals surface area contributed by atoms with Crippen LogP contribution in [0, 0.1) is 0 Å². The van der Waals surface area contributed by atoms with Gasteiger partial charge in [0, 0.05) is 0 Å². The summed E-state index contributed by atoms with van der Waals surface area (Å²) in [6.07, 6.45) is 1.59. The molecule has 1 N–H and O–H groups in total. The molecule has 0 radical (unpaired) electrons. The van der Waals surface area contributed by atoms with Crippen LogP contribution in [-0.2, 0) is 16.4 Å². The minimum absolute atomic E-state index is 0.0897. The van der Waals surface area contributed by atoms with Crippen LogP contribution in [0.5, 0.6) is 0 Å². The molecule has 0 amide bonds. The lowest BCUT2D eigenvalue weighted by molar-refractivity contribution is 0.518. The van der Waals surface area contributed by atoms with Gasteiger partial charge in [0.05, 0.1) is 29.1 Å². The van der Waals surface area contributed by atoms with E-state index in [0.29, 0.717) is 17.1 Å². The predicted octanol–water partition coefficient (Wildman–Crippen LogP) is 2.69. The van der Waals surface area contributed by atoms with Crippen LogP contribution in [0.25, 0.3) is 0 Å². The van der Waals surface area contributed by atoms with E-state index in [1.807, 2.05) is 6.07 Å². The first-order valence-corrected chi connectivity index (χ1v) is 7.37. The van der Waals surface area contributed by atoms with Crippen LogP contribution in [0.3, 0.4) is 0 Å². The lowest BCUT2D eigenvalue weighted by atomic mass is 10.3. The molecular weight excluding hydrogens is 250 g/mol. The van der Waals surface area contributed by atoms with Crippen molar-refractivity contribution >= 4 is 15.5 Å². The first-order valence-electron chi connectivity index (χ1n) is 5.71. The smallest absolute Gasteiger partial charge is 0.180 e. The molecule has 0 fully saturated rings. The molecule has 0 saturated heterocycles. The van der Waals surface area contributed by atoms with E-state index in [1.165, 1.54) is 0 Å². The highest BCUT2D eigenvalue weighted by Crippen LogP contribution is 2.22. The molecule has 0 atom stereocenters. The molecule has 0 aliphatic heterocycles. The summed E-state index contributed by atoms with van der Waals surface area (Å²) in [6, 6.07) is 10.5. The third-order valence-corrected chi connectivity index (χ3v) is 4.42. The van der Waals surface area contributed by atoms with Crippen molar-refractivity contribution in [1.29, 1.82) is 0 Å². The lowest BCUT2D eigenvalue weighted by Crippen LogP contribution is -2.08. The molecule has 0 saturated carbocycles. The monoisotopic (exact) mass is 265 g/mol. The Kier molecular flexibility index (Phi) is 3.72. The number of anilines is 1. The summed E-state index contributed by atoms with van der Waals surface area (Å²) >= 11 is 0. The normalized spacial score (nSPS) is 11.4. The fraction of sp³-hybridized carbons (Fsp3) is 0.231. The molecule has 0 aliphatic rings. The zero-order chi connectivity index (χ0) is 13.0. The van der Waals surface area contributed by atoms with Gasteiger partial charge in [-0.1, -0.05) is 19.1 Å². The summed E-state index contributed by atoms with van der Waals surface area (Å²) in [6.45, 7) is 2.10. The molecule has 96 valence electrons. The zero-order valence-corrected chi connectivity index (χ0v) is 10.9. The van der Waals surface area contributed by atoms with Crippen LogP contribution in [0.4, 0.5) is 5.69 Å². The van der Waals surface area contributed by atoms with E-state index in [0.717, 1.165) is 5.76 Å². The Bertz CT molecular complexity index is 603. The molecule has 5 heteroatoms. The molecule has 4 nitrogen and oxygen atoms in total. The minimum atomic E-state index is -3.21. The summed E-state index contributed by atoms with van der Waals surface area (Å²) in [5, 5.41) is 3.08. The predicted molar refractivity (Wildman–Crippen MR) is 70.2 cm³/mol. The molecule has 0 spiro atoms. The van der Waals surface area contributed by atoms with Crippen LogP contribution in [0.1, 0.15) is 12.7 Å². The Labute approximate surface area is 107 Å². The summed E-state index contributed by atoms with van der Waals surface area (Å²) < 4.78 is 29.0. The highest BCUT2D eigenvalue weighted by atomic mass is 32.2. The maximum Gasteiger partial charge on any atom is 0.180 e. The van der Waals surface area contributed by atoms with Gasteiger partial charge in [-0.15, -0.1) is 0 Å². The van der Waals surface area contributed by atoms with E-state index in [9.17, 15) is 8.42 Å². The van der Waals surface area contributed by atoms with Gasteiger partial charge in [-0.2, -0.15) is 0 Å².